The van der Waals surface area contributed by atoms with Gasteiger partial charge in [0.2, 0.25) is 0 Å². The van der Waals surface area contributed by atoms with E-state index >= 15 is 0 Å². The van der Waals surface area contributed by atoms with Gasteiger partial charge in [0.25, 0.3) is 5.91 Å². The van der Waals surface area contributed by atoms with Crippen LogP contribution in [0.3, 0.4) is 0 Å². The quantitative estimate of drug-likeness (QED) is 0.395. The minimum atomic E-state index is -0.988. The lowest BCUT2D eigenvalue weighted by Crippen LogP contribution is -2.13. The molecule has 1 amide bonds. The molecule has 3 rings (SSSR count). The number of hydrogen-bond acceptors (Lipinski definition) is 5. The minimum absolute atomic E-state index is 0.246. The van der Waals surface area contributed by atoms with Crippen molar-refractivity contribution in [2.45, 2.75) is 46.2 Å². The Labute approximate surface area is 186 Å². The zero-order valence-electron chi connectivity index (χ0n) is 17.8. The van der Waals surface area contributed by atoms with Gasteiger partial charge in [0.15, 0.2) is 5.82 Å². The minimum Gasteiger partial charge on any atom is -0.480 e. The van der Waals surface area contributed by atoms with Gasteiger partial charge in [0.1, 0.15) is 6.54 Å². The maximum absolute atomic E-state index is 12.5. The Balaban J connectivity index is 1.55. The van der Waals surface area contributed by atoms with E-state index in [9.17, 15) is 9.59 Å². The molecule has 0 fully saturated rings. The van der Waals surface area contributed by atoms with E-state index in [1.54, 1.807) is 12.1 Å². The highest BCUT2D eigenvalue weighted by atomic mass is 32.1. The molecule has 8 heteroatoms. The number of nitrogens with zero attached hydrogens (tertiary/aromatic N) is 2. The summed E-state index contributed by atoms with van der Waals surface area (Å²) in [6.45, 7) is 4.89. The van der Waals surface area contributed by atoms with Crippen molar-refractivity contribution >= 4 is 34.7 Å². The van der Waals surface area contributed by atoms with E-state index in [-0.39, 0.29) is 12.5 Å². The Morgan fingerprint density at radius 1 is 1.16 bits per heavy atom. The fraction of sp³-hybridized carbons (Fsp3) is 0.348. The largest absolute Gasteiger partial charge is 0.480 e. The van der Waals surface area contributed by atoms with Crippen molar-refractivity contribution in [3.05, 3.63) is 64.0 Å². The van der Waals surface area contributed by atoms with Gasteiger partial charge in [-0.05, 0) is 42.5 Å². The first-order valence-electron chi connectivity index (χ1n) is 10.4. The molecule has 0 spiro atoms. The molecule has 1 aromatic carbocycles. The molecule has 3 aromatic rings. The van der Waals surface area contributed by atoms with Gasteiger partial charge < -0.3 is 15.7 Å². The van der Waals surface area contributed by atoms with Crippen molar-refractivity contribution in [3.8, 4) is 0 Å². The Morgan fingerprint density at radius 2 is 1.97 bits per heavy atom. The Bertz CT molecular complexity index is 1030. The Morgan fingerprint density at radius 3 is 2.74 bits per heavy atom. The van der Waals surface area contributed by atoms with Crippen LogP contribution >= 0.6 is 11.3 Å². The number of aliphatic carboxylic acids is 1. The molecule has 0 bridgehead atoms. The molecule has 0 unspecified atom stereocenters. The SMILES string of the molecule is CC(C)CCCc1ccccc1NCc1ccc(C(=O)Nc2ccn(CC(=O)O)n2)s1. The third-order valence-electron chi connectivity index (χ3n) is 4.76. The first kappa shape index (κ1) is 22.6. The number of rotatable bonds is 11. The number of carboxylic acid groups (broad SMARTS) is 1. The summed E-state index contributed by atoms with van der Waals surface area (Å²) >= 11 is 1.42. The topological polar surface area (TPSA) is 96.2 Å². The third-order valence-corrected chi connectivity index (χ3v) is 5.85. The number of carbonyl (C=O) groups excluding carboxylic acids is 1. The number of carbonyl (C=O) groups is 2. The monoisotopic (exact) mass is 440 g/mol. The second-order valence-electron chi connectivity index (χ2n) is 7.81. The van der Waals surface area contributed by atoms with E-state index in [0.29, 0.717) is 23.2 Å². The average Bonchev–Trinajstić information content (AvgIpc) is 3.36. The number of para-hydroxylation sites is 1. The van der Waals surface area contributed by atoms with E-state index in [1.807, 2.05) is 12.1 Å². The van der Waals surface area contributed by atoms with Gasteiger partial charge in [-0.2, -0.15) is 5.10 Å². The third kappa shape index (κ3) is 6.96. The van der Waals surface area contributed by atoms with E-state index in [2.05, 4.69) is 47.8 Å². The van der Waals surface area contributed by atoms with Crippen LogP contribution in [0.15, 0.2) is 48.7 Å². The molecule has 0 radical (unpaired) electrons. The highest BCUT2D eigenvalue weighted by molar-refractivity contribution is 7.14. The summed E-state index contributed by atoms with van der Waals surface area (Å²) in [6, 6.07) is 13.7. The molecule has 0 atom stereocenters. The number of hydrogen-bond donors (Lipinski definition) is 3. The number of nitrogens with one attached hydrogen (secondary N) is 2. The number of thiophene rings is 1. The molecule has 0 aliphatic rings. The molecule has 2 aromatic heterocycles. The van der Waals surface area contributed by atoms with Crippen molar-refractivity contribution in [1.29, 1.82) is 0 Å². The summed E-state index contributed by atoms with van der Waals surface area (Å²) < 4.78 is 1.26. The van der Waals surface area contributed by atoms with Gasteiger partial charge in [-0.25, -0.2) is 0 Å². The number of aromatic nitrogens is 2. The summed E-state index contributed by atoms with van der Waals surface area (Å²) in [5, 5.41) is 19.0. The van der Waals surface area contributed by atoms with Gasteiger partial charge in [0.05, 0.1) is 4.88 Å². The predicted octanol–water partition coefficient (Wildman–Crippen LogP) is 4.87. The lowest BCUT2D eigenvalue weighted by molar-refractivity contribution is -0.137. The van der Waals surface area contributed by atoms with Crippen molar-refractivity contribution in [2.24, 2.45) is 5.92 Å². The van der Waals surface area contributed by atoms with Gasteiger partial charge in [-0.3, -0.25) is 14.3 Å². The zero-order chi connectivity index (χ0) is 22.2. The van der Waals surface area contributed by atoms with Crippen molar-refractivity contribution in [2.75, 3.05) is 10.6 Å². The molecule has 0 saturated heterocycles. The summed E-state index contributed by atoms with van der Waals surface area (Å²) in [5.41, 5.74) is 2.45. The standard InChI is InChI=1S/C23H28N4O3S/c1-16(2)6-5-8-17-7-3-4-9-19(17)24-14-18-10-11-20(31-18)23(30)25-21-12-13-27(26-21)15-22(28)29/h3-4,7,9-13,16,24H,5-6,8,14-15H2,1-2H3,(H,28,29)(H,25,26,30). The van der Waals surface area contributed by atoms with Crippen LogP contribution in [0.2, 0.25) is 0 Å². The Hall–Kier alpha value is -3.13. The fourth-order valence-electron chi connectivity index (χ4n) is 3.22. The zero-order valence-corrected chi connectivity index (χ0v) is 18.6. The first-order valence-corrected chi connectivity index (χ1v) is 11.2. The van der Waals surface area contributed by atoms with E-state index in [1.165, 1.54) is 40.6 Å². The fourth-order valence-corrected chi connectivity index (χ4v) is 4.06. The summed E-state index contributed by atoms with van der Waals surface area (Å²) in [5.74, 6) is -0.208. The number of amides is 1. The average molecular weight is 441 g/mol. The van der Waals surface area contributed by atoms with Crippen molar-refractivity contribution in [3.63, 3.8) is 0 Å². The second-order valence-corrected chi connectivity index (χ2v) is 8.98. The van der Waals surface area contributed by atoms with Gasteiger partial charge in [-0.15, -0.1) is 11.3 Å². The van der Waals surface area contributed by atoms with Crippen LogP contribution in [0.25, 0.3) is 0 Å². The smallest absolute Gasteiger partial charge is 0.325 e. The molecule has 0 aliphatic carbocycles. The van der Waals surface area contributed by atoms with Crippen LogP contribution in [0.5, 0.6) is 0 Å². The molecule has 164 valence electrons. The van der Waals surface area contributed by atoms with Crippen LogP contribution in [-0.2, 0) is 24.3 Å². The van der Waals surface area contributed by atoms with Gasteiger partial charge in [0, 0.05) is 29.4 Å². The predicted molar refractivity (Wildman–Crippen MR) is 124 cm³/mol. The lowest BCUT2D eigenvalue weighted by atomic mass is 10.0. The number of benzene rings is 1. The molecule has 2 heterocycles. The number of aryl methyl sites for hydroxylation is 1. The molecule has 7 nitrogen and oxygen atoms in total. The van der Waals surface area contributed by atoms with Crippen LogP contribution < -0.4 is 10.6 Å². The van der Waals surface area contributed by atoms with Crippen LogP contribution in [0.4, 0.5) is 11.5 Å². The summed E-state index contributed by atoms with van der Waals surface area (Å²) in [6.07, 6.45) is 4.95. The molecular weight excluding hydrogens is 412 g/mol. The second kappa shape index (κ2) is 10.8. The van der Waals surface area contributed by atoms with Crippen LogP contribution in [0.1, 0.15) is 46.8 Å². The van der Waals surface area contributed by atoms with E-state index in [4.69, 9.17) is 5.11 Å². The van der Waals surface area contributed by atoms with Crippen molar-refractivity contribution in [1.82, 2.24) is 9.78 Å². The number of anilines is 2. The lowest BCUT2D eigenvalue weighted by Gasteiger charge is -2.12. The molecule has 3 N–H and O–H groups in total. The molecular formula is C23H28N4O3S. The summed E-state index contributed by atoms with van der Waals surface area (Å²) in [4.78, 5) is 24.8. The van der Waals surface area contributed by atoms with Gasteiger partial charge in [-0.1, -0.05) is 38.5 Å². The van der Waals surface area contributed by atoms with Gasteiger partial charge >= 0.3 is 5.97 Å². The van der Waals surface area contributed by atoms with E-state index < -0.39 is 5.97 Å². The molecule has 31 heavy (non-hydrogen) atoms. The van der Waals surface area contributed by atoms with Crippen LogP contribution in [0, 0.1) is 5.92 Å². The molecule has 0 aliphatic heterocycles. The maximum atomic E-state index is 12.5. The highest BCUT2D eigenvalue weighted by Crippen LogP contribution is 2.22. The number of carboxylic acids is 1. The summed E-state index contributed by atoms with van der Waals surface area (Å²) in [7, 11) is 0. The highest BCUT2D eigenvalue weighted by Gasteiger charge is 2.12. The first-order chi connectivity index (χ1) is 14.9. The van der Waals surface area contributed by atoms with Crippen LogP contribution in [-0.4, -0.2) is 26.8 Å². The molecule has 0 saturated carbocycles. The maximum Gasteiger partial charge on any atom is 0.325 e. The van der Waals surface area contributed by atoms with E-state index in [0.717, 1.165) is 17.0 Å². The Kier molecular flexibility index (Phi) is 7.83. The normalized spacial score (nSPS) is 10.9. The van der Waals surface area contributed by atoms with Crippen molar-refractivity contribution < 1.29 is 14.7 Å².